The number of carbonyl (C=O) groups is 1. The van der Waals surface area contributed by atoms with Gasteiger partial charge < -0.3 is 9.47 Å². The van der Waals surface area contributed by atoms with Crippen molar-refractivity contribution in [3.05, 3.63) is 95.0 Å². The molecule has 0 saturated carbocycles. The van der Waals surface area contributed by atoms with E-state index in [9.17, 15) is 4.79 Å². The van der Waals surface area contributed by atoms with Crippen LogP contribution < -0.4 is 4.74 Å². The average Bonchev–Trinajstić information content (AvgIpc) is 2.73. The summed E-state index contributed by atoms with van der Waals surface area (Å²) in [7, 11) is 0. The molecule has 0 bridgehead atoms. The van der Waals surface area contributed by atoms with Crippen LogP contribution in [-0.4, -0.2) is 5.97 Å². The van der Waals surface area contributed by atoms with Gasteiger partial charge in [-0.2, -0.15) is 0 Å². The molecule has 30 heavy (non-hydrogen) atoms. The van der Waals surface area contributed by atoms with Crippen molar-refractivity contribution in [1.29, 1.82) is 5.26 Å². The van der Waals surface area contributed by atoms with Gasteiger partial charge in [-0.3, -0.25) is 0 Å². The quantitative estimate of drug-likeness (QED) is 0.333. The third-order valence-corrected chi connectivity index (χ3v) is 5.46. The minimum atomic E-state index is -1.05. The van der Waals surface area contributed by atoms with Crippen LogP contribution in [0.15, 0.2) is 78.9 Å². The lowest BCUT2D eigenvalue weighted by Gasteiger charge is -2.35. The molecule has 3 rings (SSSR count). The molecule has 0 aromatic heterocycles. The van der Waals surface area contributed by atoms with E-state index in [1.165, 1.54) is 6.26 Å². The van der Waals surface area contributed by atoms with E-state index in [1.54, 1.807) is 12.1 Å². The lowest BCUT2D eigenvalue weighted by Crippen LogP contribution is -2.44. The standard InChI is InChI=1S/C25H22ClNO3/c1-18(2)25(24(28)29-17-27,20-11-13-21(26)14-12-20)16-19-7-6-10-23(15-19)30-22-8-4-3-5-9-22/h3-15,18H,16H2,1-2H3. The second-order valence-electron chi connectivity index (χ2n) is 7.35. The van der Waals surface area contributed by atoms with Gasteiger partial charge in [0.1, 0.15) is 16.9 Å². The number of hydrogen-bond acceptors (Lipinski definition) is 4. The summed E-state index contributed by atoms with van der Waals surface area (Å²) in [5.41, 5.74) is 0.588. The highest BCUT2D eigenvalue weighted by Gasteiger charge is 2.45. The summed E-state index contributed by atoms with van der Waals surface area (Å²) < 4.78 is 10.8. The van der Waals surface area contributed by atoms with Crippen molar-refractivity contribution in [3.63, 3.8) is 0 Å². The van der Waals surface area contributed by atoms with E-state index >= 15 is 0 Å². The molecule has 152 valence electrons. The number of hydrogen-bond donors (Lipinski definition) is 0. The number of esters is 1. The van der Waals surface area contributed by atoms with Crippen molar-refractivity contribution in [1.82, 2.24) is 0 Å². The van der Waals surface area contributed by atoms with Gasteiger partial charge in [-0.05, 0) is 59.9 Å². The maximum absolute atomic E-state index is 13.1. The number of halogens is 1. The zero-order valence-corrected chi connectivity index (χ0v) is 17.6. The van der Waals surface area contributed by atoms with Gasteiger partial charge in [0.15, 0.2) is 0 Å². The minimum Gasteiger partial charge on any atom is -0.457 e. The van der Waals surface area contributed by atoms with E-state index in [4.69, 9.17) is 26.3 Å². The summed E-state index contributed by atoms with van der Waals surface area (Å²) in [6.07, 6.45) is 1.88. The summed E-state index contributed by atoms with van der Waals surface area (Å²) in [4.78, 5) is 13.1. The van der Waals surface area contributed by atoms with Crippen LogP contribution in [0.2, 0.25) is 5.02 Å². The Balaban J connectivity index is 2.01. The summed E-state index contributed by atoms with van der Waals surface area (Å²) in [6, 6.07) is 24.2. The first-order valence-electron chi connectivity index (χ1n) is 9.64. The molecule has 1 atom stereocenters. The molecule has 0 aliphatic heterocycles. The molecule has 0 saturated heterocycles. The van der Waals surface area contributed by atoms with E-state index in [1.807, 2.05) is 80.6 Å². The Kier molecular flexibility index (Phi) is 6.76. The molecule has 0 aliphatic rings. The van der Waals surface area contributed by atoms with Crippen LogP contribution in [0.1, 0.15) is 25.0 Å². The molecule has 4 nitrogen and oxygen atoms in total. The van der Waals surface area contributed by atoms with E-state index in [0.717, 1.165) is 16.9 Å². The number of nitriles is 1. The highest BCUT2D eigenvalue weighted by molar-refractivity contribution is 6.30. The minimum absolute atomic E-state index is 0.141. The smallest absolute Gasteiger partial charge is 0.332 e. The molecule has 0 heterocycles. The summed E-state index contributed by atoms with van der Waals surface area (Å²) in [5, 5.41) is 9.59. The van der Waals surface area contributed by atoms with Gasteiger partial charge >= 0.3 is 5.97 Å². The Morgan fingerprint density at radius 1 is 1.00 bits per heavy atom. The van der Waals surface area contributed by atoms with Gasteiger partial charge in [0.05, 0.1) is 0 Å². The van der Waals surface area contributed by atoms with Crippen LogP contribution in [0.5, 0.6) is 11.5 Å². The Morgan fingerprint density at radius 3 is 2.30 bits per heavy atom. The van der Waals surface area contributed by atoms with E-state index in [0.29, 0.717) is 17.2 Å². The highest BCUT2D eigenvalue weighted by atomic mass is 35.5. The normalized spacial score (nSPS) is 12.6. The van der Waals surface area contributed by atoms with Gasteiger partial charge in [0, 0.05) is 5.02 Å². The summed E-state index contributed by atoms with van der Waals surface area (Å²) in [6.45, 7) is 3.88. The van der Waals surface area contributed by atoms with E-state index < -0.39 is 11.4 Å². The van der Waals surface area contributed by atoms with Gasteiger partial charge in [-0.1, -0.05) is 67.9 Å². The van der Waals surface area contributed by atoms with Crippen LogP contribution in [0.3, 0.4) is 0 Å². The predicted molar refractivity (Wildman–Crippen MR) is 116 cm³/mol. The van der Waals surface area contributed by atoms with Crippen molar-refractivity contribution in [2.24, 2.45) is 5.92 Å². The van der Waals surface area contributed by atoms with Crippen molar-refractivity contribution in [3.8, 4) is 17.8 Å². The van der Waals surface area contributed by atoms with Crippen molar-refractivity contribution >= 4 is 17.6 Å². The fourth-order valence-electron chi connectivity index (χ4n) is 3.61. The molecule has 0 spiro atoms. The molecule has 5 heteroatoms. The van der Waals surface area contributed by atoms with E-state index in [-0.39, 0.29) is 5.92 Å². The van der Waals surface area contributed by atoms with Crippen molar-refractivity contribution in [2.75, 3.05) is 0 Å². The van der Waals surface area contributed by atoms with Gasteiger partial charge in [-0.25, -0.2) is 4.79 Å². The zero-order chi connectivity index (χ0) is 21.6. The molecule has 0 fully saturated rings. The lowest BCUT2D eigenvalue weighted by molar-refractivity contribution is -0.145. The maximum Gasteiger partial charge on any atom is 0.332 e. The number of para-hydroxylation sites is 1. The largest absolute Gasteiger partial charge is 0.457 e. The van der Waals surface area contributed by atoms with Gasteiger partial charge in [0.2, 0.25) is 0 Å². The van der Waals surface area contributed by atoms with Crippen molar-refractivity contribution in [2.45, 2.75) is 25.7 Å². The number of carbonyl (C=O) groups excluding carboxylic acids is 1. The van der Waals surface area contributed by atoms with Crippen molar-refractivity contribution < 1.29 is 14.3 Å². The maximum atomic E-state index is 13.1. The third-order valence-electron chi connectivity index (χ3n) is 5.21. The first-order valence-corrected chi connectivity index (χ1v) is 10.0. The molecule has 0 aliphatic carbocycles. The summed E-state index contributed by atoms with van der Waals surface area (Å²) >= 11 is 6.06. The molecule has 0 N–H and O–H groups in total. The van der Waals surface area contributed by atoms with E-state index in [2.05, 4.69) is 0 Å². The Morgan fingerprint density at radius 2 is 1.67 bits per heavy atom. The number of ether oxygens (including phenoxy) is 2. The molecule has 0 radical (unpaired) electrons. The predicted octanol–water partition coefficient (Wildman–Crippen LogP) is 6.29. The first kappa shape index (κ1) is 21.4. The van der Waals surface area contributed by atoms with Gasteiger partial charge in [-0.15, -0.1) is 5.26 Å². The molecule has 1 unspecified atom stereocenters. The monoisotopic (exact) mass is 419 g/mol. The molecule has 0 amide bonds. The van der Waals surface area contributed by atoms with Crippen LogP contribution in [0.4, 0.5) is 0 Å². The second kappa shape index (κ2) is 9.47. The Bertz CT molecular complexity index is 1040. The van der Waals surface area contributed by atoms with Gasteiger partial charge in [0.25, 0.3) is 6.26 Å². The molecule has 3 aromatic rings. The third kappa shape index (κ3) is 4.64. The second-order valence-corrected chi connectivity index (χ2v) is 7.79. The average molecular weight is 420 g/mol. The number of rotatable bonds is 7. The topological polar surface area (TPSA) is 59.3 Å². The first-order chi connectivity index (χ1) is 14.5. The zero-order valence-electron chi connectivity index (χ0n) is 16.8. The fourth-order valence-corrected chi connectivity index (χ4v) is 3.74. The SMILES string of the molecule is CC(C)C(Cc1cccc(Oc2ccccc2)c1)(C(=O)OC#N)c1ccc(Cl)cc1. The summed E-state index contributed by atoms with van der Waals surface area (Å²) in [5.74, 6) is 0.669. The lowest BCUT2D eigenvalue weighted by atomic mass is 9.68. The van der Waals surface area contributed by atoms with Crippen LogP contribution in [-0.2, 0) is 21.4 Å². The highest BCUT2D eigenvalue weighted by Crippen LogP contribution is 2.39. The Labute approximate surface area is 181 Å². The Hall–Kier alpha value is -3.29. The van der Waals surface area contributed by atoms with Crippen LogP contribution >= 0.6 is 11.6 Å². The molecular formula is C25H22ClNO3. The number of nitrogens with zero attached hydrogens (tertiary/aromatic N) is 1. The van der Waals surface area contributed by atoms with Crippen LogP contribution in [0.25, 0.3) is 0 Å². The van der Waals surface area contributed by atoms with Crippen LogP contribution in [0, 0.1) is 17.4 Å². The number of benzene rings is 3. The fraction of sp³-hybridized carbons (Fsp3) is 0.200. The molecule has 3 aromatic carbocycles. The molecular weight excluding hydrogens is 398 g/mol.